The lowest BCUT2D eigenvalue weighted by Crippen LogP contribution is -2.44. The van der Waals surface area contributed by atoms with Gasteiger partial charge in [0.05, 0.1) is 19.8 Å². The minimum absolute atomic E-state index is 0.0284. The normalized spacial score (nSPS) is 15.4. The Morgan fingerprint density at radius 2 is 1.66 bits per heavy atom. The molecule has 0 radical (unpaired) electrons. The van der Waals surface area contributed by atoms with Crippen LogP contribution in [0.1, 0.15) is 27.7 Å². The second-order valence-electron chi connectivity index (χ2n) is 6.97. The molecule has 1 N–H and O–H groups in total. The summed E-state index contributed by atoms with van der Waals surface area (Å²) in [6.07, 6.45) is 0.491. The third-order valence-corrected chi connectivity index (χ3v) is 5.23. The van der Waals surface area contributed by atoms with Crippen molar-refractivity contribution in [1.29, 1.82) is 0 Å². The first-order valence-electron chi connectivity index (χ1n) is 9.63. The van der Waals surface area contributed by atoms with Crippen LogP contribution in [-0.2, 0) is 6.42 Å². The number of methoxy groups -OCH3 is 2. The van der Waals surface area contributed by atoms with Crippen molar-refractivity contribution in [2.24, 2.45) is 0 Å². The molecule has 1 atom stereocenters. The number of fused-ring (bicyclic) bond motifs is 1. The van der Waals surface area contributed by atoms with Crippen LogP contribution in [0.4, 0.5) is 5.69 Å². The molecule has 3 aromatic rings. The number of ether oxygens (including phenoxy) is 2. The van der Waals surface area contributed by atoms with Crippen molar-refractivity contribution < 1.29 is 14.3 Å². The molecule has 0 aromatic heterocycles. The molecule has 0 saturated carbocycles. The van der Waals surface area contributed by atoms with Crippen molar-refractivity contribution in [3.05, 3.63) is 89.5 Å². The molecular formula is C24H24N2O3. The van der Waals surface area contributed by atoms with Gasteiger partial charge in [0, 0.05) is 12.2 Å². The van der Waals surface area contributed by atoms with E-state index in [4.69, 9.17) is 9.47 Å². The van der Waals surface area contributed by atoms with E-state index in [1.165, 1.54) is 0 Å². The van der Waals surface area contributed by atoms with Crippen molar-refractivity contribution in [3.8, 4) is 11.5 Å². The van der Waals surface area contributed by atoms with E-state index in [2.05, 4.69) is 5.32 Å². The second kappa shape index (κ2) is 8.27. The highest BCUT2D eigenvalue weighted by molar-refractivity contribution is 6.01. The number of amides is 1. The molecule has 1 amide bonds. The van der Waals surface area contributed by atoms with E-state index in [1.54, 1.807) is 14.2 Å². The highest BCUT2D eigenvalue weighted by atomic mass is 16.5. The van der Waals surface area contributed by atoms with E-state index in [-0.39, 0.29) is 12.1 Å². The minimum atomic E-state index is -0.259. The lowest BCUT2D eigenvalue weighted by molar-refractivity contribution is 0.0685. The summed E-state index contributed by atoms with van der Waals surface area (Å²) in [5.41, 5.74) is 3.69. The zero-order valence-corrected chi connectivity index (χ0v) is 16.6. The zero-order valence-electron chi connectivity index (χ0n) is 16.6. The van der Waals surface area contributed by atoms with Gasteiger partial charge in [0.15, 0.2) is 0 Å². The lowest BCUT2D eigenvalue weighted by Gasteiger charge is -2.38. The number of rotatable bonds is 6. The highest BCUT2D eigenvalue weighted by Gasteiger charge is 2.32. The molecule has 148 valence electrons. The first-order chi connectivity index (χ1) is 14.2. The molecular weight excluding hydrogens is 364 g/mol. The van der Waals surface area contributed by atoms with Crippen molar-refractivity contribution in [2.45, 2.75) is 12.6 Å². The smallest absolute Gasteiger partial charge is 0.257 e. The molecule has 29 heavy (non-hydrogen) atoms. The average molecular weight is 388 g/mol. The van der Waals surface area contributed by atoms with Gasteiger partial charge in [-0.15, -0.1) is 0 Å². The van der Waals surface area contributed by atoms with E-state index in [0.29, 0.717) is 12.1 Å². The van der Waals surface area contributed by atoms with Crippen LogP contribution < -0.4 is 14.8 Å². The van der Waals surface area contributed by atoms with Crippen molar-refractivity contribution in [2.75, 3.05) is 26.1 Å². The van der Waals surface area contributed by atoms with Crippen LogP contribution in [0, 0.1) is 0 Å². The quantitative estimate of drug-likeness (QED) is 0.675. The number of hydrogen-bond acceptors (Lipinski definition) is 4. The molecule has 0 aliphatic carbocycles. The fraction of sp³-hybridized carbons (Fsp3) is 0.208. The Balaban J connectivity index is 1.63. The molecule has 0 fully saturated rings. The third kappa shape index (κ3) is 3.90. The second-order valence-corrected chi connectivity index (χ2v) is 6.97. The lowest BCUT2D eigenvalue weighted by atomic mass is 10.0. The molecule has 5 nitrogen and oxygen atoms in total. The Morgan fingerprint density at radius 3 is 2.41 bits per heavy atom. The van der Waals surface area contributed by atoms with Crippen molar-refractivity contribution >= 4 is 11.6 Å². The largest absolute Gasteiger partial charge is 0.497 e. The first-order valence-corrected chi connectivity index (χ1v) is 9.63. The van der Waals surface area contributed by atoms with Crippen molar-refractivity contribution in [1.82, 2.24) is 4.90 Å². The van der Waals surface area contributed by atoms with Gasteiger partial charge >= 0.3 is 0 Å². The van der Waals surface area contributed by atoms with E-state index in [0.717, 1.165) is 34.7 Å². The Bertz CT molecular complexity index is 1000. The fourth-order valence-electron chi connectivity index (χ4n) is 3.64. The number of nitrogens with zero attached hydrogens (tertiary/aromatic N) is 1. The van der Waals surface area contributed by atoms with Crippen LogP contribution >= 0.6 is 0 Å². The van der Waals surface area contributed by atoms with Gasteiger partial charge < -0.3 is 19.7 Å². The Kier molecular flexibility index (Phi) is 5.38. The minimum Gasteiger partial charge on any atom is -0.497 e. The molecule has 1 aliphatic heterocycles. The SMILES string of the molecule is COc1ccc(CCN2C(=O)c3ccccc3N[C@H]2c2cccc(OC)c2)cc1. The maximum Gasteiger partial charge on any atom is 0.257 e. The molecule has 0 spiro atoms. The van der Waals surface area contributed by atoms with Gasteiger partial charge in [-0.25, -0.2) is 0 Å². The van der Waals surface area contributed by atoms with Gasteiger partial charge in [0.1, 0.15) is 17.7 Å². The molecule has 0 unspecified atom stereocenters. The molecule has 5 heteroatoms. The number of carbonyl (C=O) groups excluding carboxylic acids is 1. The maximum atomic E-state index is 13.3. The van der Waals surface area contributed by atoms with E-state index >= 15 is 0 Å². The predicted molar refractivity (Wildman–Crippen MR) is 114 cm³/mol. The molecule has 1 heterocycles. The summed E-state index contributed by atoms with van der Waals surface area (Å²) in [7, 11) is 3.30. The van der Waals surface area contributed by atoms with E-state index in [9.17, 15) is 4.79 Å². The number of hydrogen-bond donors (Lipinski definition) is 1. The van der Waals surface area contributed by atoms with Gasteiger partial charge in [-0.05, 0) is 53.9 Å². The van der Waals surface area contributed by atoms with Crippen LogP contribution in [-0.4, -0.2) is 31.6 Å². The number of nitrogens with one attached hydrogen (secondary N) is 1. The maximum absolute atomic E-state index is 13.3. The van der Waals surface area contributed by atoms with Crippen LogP contribution in [0.15, 0.2) is 72.8 Å². The number of anilines is 1. The molecule has 0 saturated heterocycles. The number of para-hydroxylation sites is 1. The Hall–Kier alpha value is -3.47. The Labute approximate surface area is 170 Å². The van der Waals surface area contributed by atoms with Gasteiger partial charge in [-0.2, -0.15) is 0 Å². The van der Waals surface area contributed by atoms with Gasteiger partial charge in [0.2, 0.25) is 0 Å². The van der Waals surface area contributed by atoms with Gasteiger partial charge in [-0.3, -0.25) is 4.79 Å². The summed E-state index contributed by atoms with van der Waals surface area (Å²) in [6.45, 7) is 0.592. The van der Waals surface area contributed by atoms with Crippen LogP contribution in [0.5, 0.6) is 11.5 Å². The standard InChI is InChI=1S/C24H24N2O3/c1-28-19-12-10-17(11-13-19)14-15-26-23(18-6-5-7-20(16-18)29-2)25-22-9-4-3-8-21(22)24(26)27/h3-13,16,23,25H,14-15H2,1-2H3/t23-/m1/s1. The summed E-state index contributed by atoms with van der Waals surface area (Å²) < 4.78 is 10.6. The summed E-state index contributed by atoms with van der Waals surface area (Å²) in [4.78, 5) is 15.2. The average Bonchev–Trinajstić information content (AvgIpc) is 2.78. The molecule has 3 aromatic carbocycles. The monoisotopic (exact) mass is 388 g/mol. The number of benzene rings is 3. The summed E-state index contributed by atoms with van der Waals surface area (Å²) >= 11 is 0. The van der Waals surface area contributed by atoms with Crippen molar-refractivity contribution in [3.63, 3.8) is 0 Å². The molecule has 4 rings (SSSR count). The first kappa shape index (κ1) is 18.9. The Morgan fingerprint density at radius 1 is 0.897 bits per heavy atom. The summed E-state index contributed by atoms with van der Waals surface area (Å²) in [6, 6.07) is 23.5. The predicted octanol–water partition coefficient (Wildman–Crippen LogP) is 4.51. The van der Waals surface area contributed by atoms with E-state index in [1.807, 2.05) is 77.7 Å². The van der Waals surface area contributed by atoms with E-state index < -0.39 is 0 Å². The number of carbonyl (C=O) groups is 1. The summed E-state index contributed by atoms with van der Waals surface area (Å²) in [5.74, 6) is 1.62. The molecule has 0 bridgehead atoms. The van der Waals surface area contributed by atoms with Crippen LogP contribution in [0.3, 0.4) is 0 Å². The highest BCUT2D eigenvalue weighted by Crippen LogP contribution is 2.34. The fourth-order valence-corrected chi connectivity index (χ4v) is 3.64. The molecule has 1 aliphatic rings. The van der Waals surface area contributed by atoms with Gasteiger partial charge in [-0.1, -0.05) is 36.4 Å². The van der Waals surface area contributed by atoms with Gasteiger partial charge in [0.25, 0.3) is 5.91 Å². The van der Waals surface area contributed by atoms with Crippen LogP contribution in [0.2, 0.25) is 0 Å². The third-order valence-electron chi connectivity index (χ3n) is 5.23. The zero-order chi connectivity index (χ0) is 20.2. The summed E-state index contributed by atoms with van der Waals surface area (Å²) in [5, 5.41) is 3.53. The van der Waals surface area contributed by atoms with Crippen LogP contribution in [0.25, 0.3) is 0 Å². The topological polar surface area (TPSA) is 50.8 Å².